The van der Waals surface area contributed by atoms with Crippen molar-refractivity contribution >= 4 is 47.8 Å². The van der Waals surface area contributed by atoms with Gasteiger partial charge in [-0.2, -0.15) is 0 Å². The third-order valence-corrected chi connectivity index (χ3v) is 4.09. The minimum Gasteiger partial charge on any atom is -0.507 e. The zero-order chi connectivity index (χ0) is 14.6. The maximum absolute atomic E-state index is 9.22. The SMILES string of the molecule is Cc1cccc(C)c1O.Oc1c(Br)cc(Br)cc1Br. The molecule has 2 nitrogen and oxygen atoms in total. The molecule has 2 rings (SSSR count). The van der Waals surface area contributed by atoms with Gasteiger partial charge in [0, 0.05) is 4.47 Å². The Bertz CT molecular complexity index is 540. The molecule has 0 fully saturated rings. The molecule has 19 heavy (non-hydrogen) atoms. The number of benzene rings is 2. The van der Waals surface area contributed by atoms with Gasteiger partial charge < -0.3 is 10.2 Å². The first-order valence-electron chi connectivity index (χ1n) is 5.41. The fourth-order valence-corrected chi connectivity index (χ4v) is 3.60. The van der Waals surface area contributed by atoms with E-state index in [4.69, 9.17) is 0 Å². The molecule has 0 aliphatic rings. The van der Waals surface area contributed by atoms with E-state index in [2.05, 4.69) is 47.8 Å². The summed E-state index contributed by atoms with van der Waals surface area (Å²) in [5.41, 5.74) is 1.88. The van der Waals surface area contributed by atoms with Crippen molar-refractivity contribution in [3.8, 4) is 11.5 Å². The van der Waals surface area contributed by atoms with Crippen LogP contribution in [0.25, 0.3) is 0 Å². The largest absolute Gasteiger partial charge is 0.507 e. The number of rotatable bonds is 0. The fraction of sp³-hybridized carbons (Fsp3) is 0.143. The van der Waals surface area contributed by atoms with Crippen molar-refractivity contribution in [2.24, 2.45) is 0 Å². The Morgan fingerprint density at radius 3 is 1.58 bits per heavy atom. The maximum atomic E-state index is 9.22. The number of halogens is 3. The van der Waals surface area contributed by atoms with Crippen LogP contribution in [0.5, 0.6) is 11.5 Å². The molecule has 2 aromatic carbocycles. The summed E-state index contributed by atoms with van der Waals surface area (Å²) in [7, 11) is 0. The second-order valence-corrected chi connectivity index (χ2v) is 6.58. The van der Waals surface area contributed by atoms with Crippen LogP contribution in [0.3, 0.4) is 0 Å². The number of phenolic OH excluding ortho intramolecular Hbond substituents is 2. The van der Waals surface area contributed by atoms with Gasteiger partial charge in [0.05, 0.1) is 8.95 Å². The van der Waals surface area contributed by atoms with Gasteiger partial charge in [-0.1, -0.05) is 34.1 Å². The Kier molecular flexibility index (Phi) is 6.36. The molecular formula is C14H13Br3O2. The van der Waals surface area contributed by atoms with Crippen LogP contribution in [-0.4, -0.2) is 10.2 Å². The highest BCUT2D eigenvalue weighted by atomic mass is 79.9. The first-order valence-corrected chi connectivity index (χ1v) is 7.79. The first kappa shape index (κ1) is 16.5. The van der Waals surface area contributed by atoms with Gasteiger partial charge in [0.15, 0.2) is 0 Å². The summed E-state index contributed by atoms with van der Waals surface area (Å²) in [6, 6.07) is 9.27. The van der Waals surface area contributed by atoms with E-state index in [0.29, 0.717) is 14.7 Å². The molecule has 0 atom stereocenters. The van der Waals surface area contributed by atoms with E-state index in [0.717, 1.165) is 15.6 Å². The lowest BCUT2D eigenvalue weighted by Crippen LogP contribution is -1.76. The lowest BCUT2D eigenvalue weighted by atomic mass is 10.1. The molecule has 0 spiro atoms. The standard InChI is InChI=1S/C8H10O.C6H3Br3O/c1-6-4-3-5-7(2)8(6)9;7-3-1-4(8)6(10)5(9)2-3/h3-5,9H,1-2H3;1-2,10H. The third-order valence-electron chi connectivity index (χ3n) is 2.42. The lowest BCUT2D eigenvalue weighted by molar-refractivity contribution is 0.467. The van der Waals surface area contributed by atoms with E-state index in [1.807, 2.05) is 32.0 Å². The number of para-hydroxylation sites is 1. The molecule has 0 heterocycles. The van der Waals surface area contributed by atoms with Crippen molar-refractivity contribution in [3.05, 3.63) is 54.9 Å². The van der Waals surface area contributed by atoms with Crippen LogP contribution < -0.4 is 0 Å². The zero-order valence-corrected chi connectivity index (χ0v) is 15.2. The molecule has 0 aliphatic carbocycles. The molecule has 102 valence electrons. The van der Waals surface area contributed by atoms with Crippen LogP contribution >= 0.6 is 47.8 Å². The van der Waals surface area contributed by atoms with Gasteiger partial charge >= 0.3 is 0 Å². The van der Waals surface area contributed by atoms with Crippen molar-refractivity contribution in [1.82, 2.24) is 0 Å². The molecule has 0 amide bonds. The number of aromatic hydroxyl groups is 2. The predicted molar refractivity (Wildman–Crippen MR) is 88.8 cm³/mol. The monoisotopic (exact) mass is 450 g/mol. The van der Waals surface area contributed by atoms with E-state index >= 15 is 0 Å². The summed E-state index contributed by atoms with van der Waals surface area (Å²) in [6.07, 6.45) is 0. The van der Waals surface area contributed by atoms with Gasteiger partial charge in [-0.05, 0) is 69.0 Å². The highest BCUT2D eigenvalue weighted by Crippen LogP contribution is 2.34. The summed E-state index contributed by atoms with van der Waals surface area (Å²) >= 11 is 9.65. The van der Waals surface area contributed by atoms with E-state index < -0.39 is 0 Å². The average molecular weight is 453 g/mol. The third kappa shape index (κ3) is 4.82. The minimum absolute atomic E-state index is 0.225. The van der Waals surface area contributed by atoms with Gasteiger partial charge in [0.2, 0.25) is 0 Å². The van der Waals surface area contributed by atoms with E-state index in [1.165, 1.54) is 0 Å². The minimum atomic E-state index is 0.225. The molecule has 0 aliphatic heterocycles. The van der Waals surface area contributed by atoms with Crippen LogP contribution in [0.2, 0.25) is 0 Å². The Morgan fingerprint density at radius 2 is 1.21 bits per heavy atom. The number of phenols is 2. The summed E-state index contributed by atoms with van der Waals surface area (Å²) in [4.78, 5) is 0. The van der Waals surface area contributed by atoms with Gasteiger partial charge in [-0.25, -0.2) is 0 Å². The Hall–Kier alpha value is -0.520. The van der Waals surface area contributed by atoms with Crippen molar-refractivity contribution in [1.29, 1.82) is 0 Å². The second-order valence-electron chi connectivity index (χ2n) is 3.96. The molecule has 0 bridgehead atoms. The average Bonchev–Trinajstić information content (AvgIpc) is 2.33. The Balaban J connectivity index is 0.000000191. The number of aryl methyl sites for hydroxylation is 2. The second kappa shape index (κ2) is 7.31. The normalized spacial score (nSPS) is 9.74. The molecular weight excluding hydrogens is 440 g/mol. The van der Waals surface area contributed by atoms with Crippen LogP contribution in [0.4, 0.5) is 0 Å². The lowest BCUT2D eigenvalue weighted by Gasteiger charge is -1.99. The van der Waals surface area contributed by atoms with Crippen molar-refractivity contribution < 1.29 is 10.2 Å². The van der Waals surface area contributed by atoms with Crippen molar-refractivity contribution in [3.63, 3.8) is 0 Å². The molecule has 5 heteroatoms. The molecule has 0 radical (unpaired) electrons. The topological polar surface area (TPSA) is 40.5 Å². The number of hydrogen-bond donors (Lipinski definition) is 2. The van der Waals surface area contributed by atoms with Crippen LogP contribution in [0.1, 0.15) is 11.1 Å². The van der Waals surface area contributed by atoms with E-state index in [9.17, 15) is 10.2 Å². The van der Waals surface area contributed by atoms with Crippen LogP contribution in [0.15, 0.2) is 43.7 Å². The fourth-order valence-electron chi connectivity index (χ4n) is 1.34. The predicted octanol–water partition coefficient (Wildman–Crippen LogP) is 5.69. The van der Waals surface area contributed by atoms with Crippen molar-refractivity contribution in [2.45, 2.75) is 13.8 Å². The molecule has 0 unspecified atom stereocenters. The zero-order valence-electron chi connectivity index (χ0n) is 10.4. The molecule has 0 saturated carbocycles. The molecule has 2 N–H and O–H groups in total. The summed E-state index contributed by atoms with van der Waals surface area (Å²) in [5.74, 6) is 0.640. The summed E-state index contributed by atoms with van der Waals surface area (Å²) < 4.78 is 2.27. The van der Waals surface area contributed by atoms with Gasteiger partial charge in [0.25, 0.3) is 0 Å². The van der Waals surface area contributed by atoms with Crippen LogP contribution in [-0.2, 0) is 0 Å². The van der Waals surface area contributed by atoms with E-state index in [1.54, 1.807) is 12.1 Å². The Morgan fingerprint density at radius 1 is 0.789 bits per heavy atom. The Labute approximate surface area is 137 Å². The highest BCUT2D eigenvalue weighted by molar-refractivity contribution is 9.11. The molecule has 0 saturated heterocycles. The van der Waals surface area contributed by atoms with Gasteiger partial charge in [-0.3, -0.25) is 0 Å². The highest BCUT2D eigenvalue weighted by Gasteiger charge is 2.02. The maximum Gasteiger partial charge on any atom is 0.144 e. The van der Waals surface area contributed by atoms with E-state index in [-0.39, 0.29) is 5.75 Å². The van der Waals surface area contributed by atoms with Gasteiger partial charge in [-0.15, -0.1) is 0 Å². The smallest absolute Gasteiger partial charge is 0.144 e. The quantitative estimate of drug-likeness (QED) is 0.539. The number of hydrogen-bond acceptors (Lipinski definition) is 2. The summed E-state index contributed by atoms with van der Waals surface area (Å²) in [6.45, 7) is 3.78. The molecule has 0 aromatic heterocycles. The summed E-state index contributed by atoms with van der Waals surface area (Å²) in [5, 5.41) is 18.4. The molecule has 2 aromatic rings. The van der Waals surface area contributed by atoms with Gasteiger partial charge in [0.1, 0.15) is 11.5 Å². The first-order chi connectivity index (χ1) is 8.82. The van der Waals surface area contributed by atoms with Crippen molar-refractivity contribution in [2.75, 3.05) is 0 Å². The van der Waals surface area contributed by atoms with Crippen LogP contribution in [0, 0.1) is 13.8 Å².